The van der Waals surface area contributed by atoms with Gasteiger partial charge in [-0.2, -0.15) is 0 Å². The molecule has 1 atom stereocenters. The van der Waals surface area contributed by atoms with Gasteiger partial charge in [0.15, 0.2) is 0 Å². The van der Waals surface area contributed by atoms with Crippen molar-refractivity contribution < 1.29 is 18.3 Å². The first-order valence-corrected chi connectivity index (χ1v) is 7.25. The summed E-state index contributed by atoms with van der Waals surface area (Å²) in [6.45, 7) is 5.11. The average molecular weight is 306 g/mol. The number of carbonyl (C=O) groups is 1. The van der Waals surface area contributed by atoms with E-state index in [2.05, 4.69) is 0 Å². The third-order valence-electron chi connectivity index (χ3n) is 3.40. The molecule has 118 valence electrons. The molecule has 0 radical (unpaired) electrons. The highest BCUT2D eigenvalue weighted by molar-refractivity contribution is 5.83. The van der Waals surface area contributed by atoms with E-state index in [0.717, 1.165) is 10.8 Å². The van der Waals surface area contributed by atoms with Crippen molar-refractivity contribution in [2.24, 2.45) is 5.41 Å². The molecule has 1 unspecified atom stereocenters. The summed E-state index contributed by atoms with van der Waals surface area (Å²) in [4.78, 5) is 12.0. The molecule has 0 aliphatic carbocycles. The number of hydrogen-bond acceptors (Lipinski definition) is 2. The zero-order valence-electron chi connectivity index (χ0n) is 13.0. The van der Waals surface area contributed by atoms with E-state index < -0.39 is 30.3 Å². The highest BCUT2D eigenvalue weighted by Gasteiger charge is 2.28. The van der Waals surface area contributed by atoms with Gasteiger partial charge in [-0.25, -0.2) is 8.78 Å². The Labute approximate surface area is 129 Å². The molecule has 0 saturated heterocycles. The summed E-state index contributed by atoms with van der Waals surface area (Å²) in [7, 11) is 0. The second-order valence-electron chi connectivity index (χ2n) is 6.38. The van der Waals surface area contributed by atoms with Crippen LogP contribution in [-0.2, 0) is 9.53 Å². The number of benzene rings is 2. The number of halogens is 2. The molecule has 2 nitrogen and oxygen atoms in total. The summed E-state index contributed by atoms with van der Waals surface area (Å²) in [6.07, 6.45) is -3.97. The van der Waals surface area contributed by atoms with Crippen molar-refractivity contribution in [3.8, 4) is 0 Å². The van der Waals surface area contributed by atoms with Crippen LogP contribution in [0, 0.1) is 5.41 Å². The summed E-state index contributed by atoms with van der Waals surface area (Å²) in [5.74, 6) is -0.480. The first-order valence-electron chi connectivity index (χ1n) is 7.25. The van der Waals surface area contributed by atoms with Crippen LogP contribution in [0.3, 0.4) is 0 Å². The smallest absolute Gasteiger partial charge is 0.311 e. The molecule has 0 amide bonds. The minimum Gasteiger partial charge on any atom is -0.457 e. The number of fused-ring (bicyclic) bond motifs is 1. The quantitative estimate of drug-likeness (QED) is 0.732. The maximum absolute atomic E-state index is 12.8. The van der Waals surface area contributed by atoms with Crippen LogP contribution in [0.5, 0.6) is 0 Å². The second-order valence-corrected chi connectivity index (χ2v) is 6.38. The van der Waals surface area contributed by atoms with Crippen molar-refractivity contribution >= 4 is 16.7 Å². The molecule has 0 bridgehead atoms. The van der Waals surface area contributed by atoms with Gasteiger partial charge in [-0.05, 0) is 43.2 Å². The molecule has 0 fully saturated rings. The molecule has 2 aromatic rings. The lowest BCUT2D eigenvalue weighted by atomic mass is 9.96. The molecule has 0 heterocycles. The molecule has 0 saturated carbocycles. The lowest BCUT2D eigenvalue weighted by Gasteiger charge is -2.23. The molecular weight excluding hydrogens is 286 g/mol. The maximum Gasteiger partial charge on any atom is 0.311 e. The highest BCUT2D eigenvalue weighted by atomic mass is 19.3. The van der Waals surface area contributed by atoms with Gasteiger partial charge in [0, 0.05) is 6.42 Å². The van der Waals surface area contributed by atoms with Gasteiger partial charge in [-0.3, -0.25) is 4.79 Å². The fourth-order valence-electron chi connectivity index (χ4n) is 2.13. The van der Waals surface area contributed by atoms with Gasteiger partial charge in [0.2, 0.25) is 6.43 Å². The van der Waals surface area contributed by atoms with Crippen molar-refractivity contribution in [1.82, 2.24) is 0 Å². The summed E-state index contributed by atoms with van der Waals surface area (Å²) >= 11 is 0. The summed E-state index contributed by atoms with van der Waals surface area (Å²) in [6, 6.07) is 13.1. The second kappa shape index (κ2) is 6.42. The van der Waals surface area contributed by atoms with Crippen LogP contribution in [-0.4, -0.2) is 12.4 Å². The third-order valence-corrected chi connectivity index (χ3v) is 3.40. The molecule has 0 N–H and O–H groups in total. The van der Waals surface area contributed by atoms with Gasteiger partial charge >= 0.3 is 5.97 Å². The fraction of sp³-hybridized carbons (Fsp3) is 0.389. The predicted molar refractivity (Wildman–Crippen MR) is 82.9 cm³/mol. The minimum absolute atomic E-state index is 0.480. The molecule has 2 rings (SSSR count). The van der Waals surface area contributed by atoms with Gasteiger partial charge in [0.1, 0.15) is 6.10 Å². The Hall–Kier alpha value is -1.97. The van der Waals surface area contributed by atoms with Crippen LogP contribution in [0.15, 0.2) is 42.5 Å². The monoisotopic (exact) mass is 306 g/mol. The number of alkyl halides is 2. The van der Waals surface area contributed by atoms with E-state index in [-0.39, 0.29) is 0 Å². The predicted octanol–water partition coefficient (Wildman–Crippen LogP) is 5.13. The van der Waals surface area contributed by atoms with Gasteiger partial charge in [0.05, 0.1) is 5.41 Å². The van der Waals surface area contributed by atoms with E-state index >= 15 is 0 Å². The van der Waals surface area contributed by atoms with Gasteiger partial charge in [0.25, 0.3) is 0 Å². The normalized spacial score (nSPS) is 13.4. The lowest BCUT2D eigenvalue weighted by molar-refractivity contribution is -0.160. The molecule has 0 aliphatic rings. The average Bonchev–Trinajstić information content (AvgIpc) is 2.44. The van der Waals surface area contributed by atoms with Crippen molar-refractivity contribution in [3.05, 3.63) is 48.0 Å². The maximum atomic E-state index is 12.8. The first-order chi connectivity index (χ1) is 10.3. The van der Waals surface area contributed by atoms with Gasteiger partial charge in [-0.15, -0.1) is 0 Å². The Kier molecular flexibility index (Phi) is 4.79. The Balaban J connectivity index is 2.32. The minimum atomic E-state index is -2.54. The first kappa shape index (κ1) is 16.4. The van der Waals surface area contributed by atoms with Crippen LogP contribution < -0.4 is 0 Å². The molecule has 0 spiro atoms. The summed E-state index contributed by atoms with van der Waals surface area (Å²) < 4.78 is 31.0. The van der Waals surface area contributed by atoms with E-state index in [9.17, 15) is 13.6 Å². The highest BCUT2D eigenvalue weighted by Crippen LogP contribution is 2.30. The van der Waals surface area contributed by atoms with E-state index in [4.69, 9.17) is 4.74 Å². The van der Waals surface area contributed by atoms with E-state index in [1.54, 1.807) is 32.9 Å². The van der Waals surface area contributed by atoms with Crippen LogP contribution in [0.4, 0.5) is 8.78 Å². The third kappa shape index (κ3) is 4.03. The van der Waals surface area contributed by atoms with E-state index in [0.29, 0.717) is 5.56 Å². The topological polar surface area (TPSA) is 26.3 Å². The Morgan fingerprint density at radius 2 is 1.73 bits per heavy atom. The standard InChI is InChI=1S/C18H20F2O2/c1-18(2,3)17(21)22-15(11-16(19)20)14-9-8-12-6-4-5-7-13(12)10-14/h4-10,15-16H,11H2,1-3H3. The van der Waals surface area contributed by atoms with Crippen LogP contribution in [0.1, 0.15) is 38.9 Å². The lowest BCUT2D eigenvalue weighted by Crippen LogP contribution is -2.25. The Bertz CT molecular complexity index is 659. The SMILES string of the molecule is CC(C)(C)C(=O)OC(CC(F)F)c1ccc2ccccc2c1. The molecule has 4 heteroatoms. The number of carbonyl (C=O) groups excluding carboxylic acids is 1. The Morgan fingerprint density at radius 1 is 1.09 bits per heavy atom. The molecule has 0 aliphatic heterocycles. The fourth-order valence-corrected chi connectivity index (χ4v) is 2.13. The zero-order valence-corrected chi connectivity index (χ0v) is 13.0. The van der Waals surface area contributed by atoms with Gasteiger partial charge < -0.3 is 4.74 Å². The largest absolute Gasteiger partial charge is 0.457 e. The van der Waals surface area contributed by atoms with Crippen LogP contribution in [0.2, 0.25) is 0 Å². The summed E-state index contributed by atoms with van der Waals surface area (Å²) in [5, 5.41) is 1.95. The van der Waals surface area contributed by atoms with E-state index in [1.807, 2.05) is 30.3 Å². The van der Waals surface area contributed by atoms with Crippen LogP contribution in [0.25, 0.3) is 10.8 Å². The number of esters is 1. The molecule has 2 aromatic carbocycles. The number of ether oxygens (including phenoxy) is 1. The molecule has 0 aromatic heterocycles. The summed E-state index contributed by atoms with van der Waals surface area (Å²) in [5.41, 5.74) is -0.131. The van der Waals surface area contributed by atoms with Crippen LogP contribution >= 0.6 is 0 Å². The number of rotatable bonds is 4. The van der Waals surface area contributed by atoms with Gasteiger partial charge in [-0.1, -0.05) is 36.4 Å². The molecule has 22 heavy (non-hydrogen) atoms. The number of hydrogen-bond donors (Lipinski definition) is 0. The van der Waals surface area contributed by atoms with Crippen molar-refractivity contribution in [2.45, 2.75) is 39.7 Å². The van der Waals surface area contributed by atoms with Crippen molar-refractivity contribution in [3.63, 3.8) is 0 Å². The molecular formula is C18H20F2O2. The zero-order chi connectivity index (χ0) is 16.3. The van der Waals surface area contributed by atoms with Crippen molar-refractivity contribution in [1.29, 1.82) is 0 Å². The van der Waals surface area contributed by atoms with Crippen molar-refractivity contribution in [2.75, 3.05) is 0 Å². The Morgan fingerprint density at radius 3 is 2.32 bits per heavy atom. The van der Waals surface area contributed by atoms with E-state index in [1.165, 1.54) is 0 Å².